The van der Waals surface area contributed by atoms with Crippen LogP contribution in [-0.2, 0) is 9.53 Å². The van der Waals surface area contributed by atoms with E-state index in [1.165, 1.54) is 34.5 Å². The topological polar surface area (TPSA) is 54.0 Å². The fourth-order valence-corrected chi connectivity index (χ4v) is 1.43. The van der Waals surface area contributed by atoms with Gasteiger partial charge in [0, 0.05) is 6.08 Å². The van der Waals surface area contributed by atoms with Gasteiger partial charge < -0.3 is 18.9 Å². The van der Waals surface area contributed by atoms with Gasteiger partial charge in [0.25, 0.3) is 0 Å². The predicted molar refractivity (Wildman–Crippen MR) is 67.1 cm³/mol. The lowest BCUT2D eigenvalue weighted by Gasteiger charge is -2.12. The Labute approximate surface area is 106 Å². The van der Waals surface area contributed by atoms with E-state index in [9.17, 15) is 4.79 Å². The number of carbonyl (C=O) groups is 1. The van der Waals surface area contributed by atoms with Crippen molar-refractivity contribution in [2.45, 2.75) is 0 Å². The first-order valence-corrected chi connectivity index (χ1v) is 5.22. The third-order valence-electron chi connectivity index (χ3n) is 2.30. The Bertz CT molecular complexity index is 426. The van der Waals surface area contributed by atoms with Gasteiger partial charge in [0.2, 0.25) is 5.75 Å². The molecule has 5 heteroatoms. The Kier molecular flexibility index (Phi) is 5.05. The molecule has 1 aromatic carbocycles. The minimum Gasteiger partial charge on any atom is -0.493 e. The molecule has 0 spiro atoms. The molecule has 0 aliphatic carbocycles. The van der Waals surface area contributed by atoms with Gasteiger partial charge in [-0.2, -0.15) is 0 Å². The highest BCUT2D eigenvalue weighted by atomic mass is 16.5. The first-order valence-electron chi connectivity index (χ1n) is 5.22. The van der Waals surface area contributed by atoms with Gasteiger partial charge in [0.1, 0.15) is 0 Å². The lowest BCUT2D eigenvalue weighted by molar-refractivity contribution is -0.134. The number of rotatable bonds is 5. The van der Waals surface area contributed by atoms with Gasteiger partial charge in [-0.15, -0.1) is 0 Å². The summed E-state index contributed by atoms with van der Waals surface area (Å²) >= 11 is 0. The molecular formula is C13H16O5. The summed E-state index contributed by atoms with van der Waals surface area (Å²) in [5.41, 5.74) is 0.745. The molecule has 0 unspecified atom stereocenters. The van der Waals surface area contributed by atoms with Gasteiger partial charge in [-0.3, -0.25) is 0 Å². The number of benzene rings is 1. The number of hydrogen-bond acceptors (Lipinski definition) is 5. The number of carbonyl (C=O) groups excluding carboxylic acids is 1. The molecule has 1 rings (SSSR count). The molecule has 0 saturated carbocycles. The van der Waals surface area contributed by atoms with Crippen LogP contribution in [0, 0.1) is 0 Å². The highest BCUT2D eigenvalue weighted by Gasteiger charge is 2.12. The summed E-state index contributed by atoms with van der Waals surface area (Å²) in [6.07, 6.45) is 2.93. The maximum absolute atomic E-state index is 11.0. The van der Waals surface area contributed by atoms with E-state index in [0.717, 1.165) is 5.56 Å². The van der Waals surface area contributed by atoms with Crippen LogP contribution in [0.2, 0.25) is 0 Å². The van der Waals surface area contributed by atoms with Crippen LogP contribution in [0.5, 0.6) is 17.2 Å². The monoisotopic (exact) mass is 252 g/mol. The van der Waals surface area contributed by atoms with Crippen molar-refractivity contribution in [3.8, 4) is 17.2 Å². The minimum atomic E-state index is -0.427. The average Bonchev–Trinajstić information content (AvgIpc) is 2.43. The molecule has 0 saturated heterocycles. The first-order chi connectivity index (χ1) is 8.65. The Hall–Kier alpha value is -2.17. The molecule has 0 aromatic heterocycles. The summed E-state index contributed by atoms with van der Waals surface area (Å²) in [5.74, 6) is 1.14. The van der Waals surface area contributed by atoms with Crippen molar-refractivity contribution in [3.05, 3.63) is 23.8 Å². The molecule has 18 heavy (non-hydrogen) atoms. The van der Waals surface area contributed by atoms with Crippen LogP contribution in [0.25, 0.3) is 6.08 Å². The zero-order valence-electron chi connectivity index (χ0n) is 10.9. The maximum atomic E-state index is 11.0. The highest BCUT2D eigenvalue weighted by molar-refractivity contribution is 5.87. The summed E-state index contributed by atoms with van der Waals surface area (Å²) in [6, 6.07) is 3.47. The molecular weight excluding hydrogens is 236 g/mol. The molecule has 0 fully saturated rings. The van der Waals surface area contributed by atoms with Crippen LogP contribution in [0.4, 0.5) is 0 Å². The summed E-state index contributed by atoms with van der Waals surface area (Å²) in [4.78, 5) is 11.0. The van der Waals surface area contributed by atoms with E-state index in [0.29, 0.717) is 17.2 Å². The second kappa shape index (κ2) is 6.54. The van der Waals surface area contributed by atoms with Crippen LogP contribution in [-0.4, -0.2) is 34.4 Å². The standard InChI is InChI=1S/C13H16O5/c1-15-10-7-9(5-6-12(14)17-3)8-11(16-2)13(10)18-4/h5-8H,1-4H3/b6-5-. The summed E-state index contributed by atoms with van der Waals surface area (Å²) in [5, 5.41) is 0. The SMILES string of the molecule is COC(=O)/C=C\c1cc(OC)c(OC)c(OC)c1. The van der Waals surface area contributed by atoms with Gasteiger partial charge >= 0.3 is 5.97 Å². The molecule has 0 N–H and O–H groups in total. The average molecular weight is 252 g/mol. The fourth-order valence-electron chi connectivity index (χ4n) is 1.43. The fraction of sp³-hybridized carbons (Fsp3) is 0.308. The number of ether oxygens (including phenoxy) is 4. The van der Waals surface area contributed by atoms with E-state index >= 15 is 0 Å². The lowest BCUT2D eigenvalue weighted by Crippen LogP contribution is -1.96. The van der Waals surface area contributed by atoms with Crippen LogP contribution in [0.1, 0.15) is 5.56 Å². The molecule has 0 atom stereocenters. The van der Waals surface area contributed by atoms with E-state index in [1.807, 2.05) is 0 Å². The van der Waals surface area contributed by atoms with E-state index in [4.69, 9.17) is 14.2 Å². The van der Waals surface area contributed by atoms with E-state index in [2.05, 4.69) is 4.74 Å². The Morgan fingerprint density at radius 1 is 1.00 bits per heavy atom. The smallest absolute Gasteiger partial charge is 0.330 e. The van der Waals surface area contributed by atoms with E-state index < -0.39 is 5.97 Å². The van der Waals surface area contributed by atoms with Crippen LogP contribution in [0.15, 0.2) is 18.2 Å². The van der Waals surface area contributed by atoms with Crippen LogP contribution in [0.3, 0.4) is 0 Å². The van der Waals surface area contributed by atoms with Gasteiger partial charge in [-0.05, 0) is 23.8 Å². The maximum Gasteiger partial charge on any atom is 0.330 e. The lowest BCUT2D eigenvalue weighted by atomic mass is 10.1. The number of hydrogen-bond donors (Lipinski definition) is 0. The molecule has 0 bridgehead atoms. The summed E-state index contributed by atoms with van der Waals surface area (Å²) < 4.78 is 20.1. The van der Waals surface area contributed by atoms with Crippen molar-refractivity contribution >= 4 is 12.0 Å². The summed E-state index contributed by atoms with van der Waals surface area (Å²) in [6.45, 7) is 0. The van der Waals surface area contributed by atoms with Crippen LogP contribution < -0.4 is 14.2 Å². The van der Waals surface area contributed by atoms with Gasteiger partial charge in [0.05, 0.1) is 28.4 Å². The second-order valence-corrected chi connectivity index (χ2v) is 3.32. The zero-order chi connectivity index (χ0) is 13.5. The minimum absolute atomic E-state index is 0.427. The Morgan fingerprint density at radius 2 is 1.56 bits per heavy atom. The molecule has 0 amide bonds. The van der Waals surface area contributed by atoms with Crippen molar-refractivity contribution in [3.63, 3.8) is 0 Å². The van der Waals surface area contributed by atoms with Gasteiger partial charge in [-0.1, -0.05) is 0 Å². The van der Waals surface area contributed by atoms with Crippen LogP contribution >= 0.6 is 0 Å². The predicted octanol–water partition coefficient (Wildman–Crippen LogP) is 1.90. The molecule has 98 valence electrons. The van der Waals surface area contributed by atoms with E-state index in [-0.39, 0.29) is 0 Å². The summed E-state index contributed by atoms with van der Waals surface area (Å²) in [7, 11) is 5.92. The molecule has 0 aliphatic rings. The third kappa shape index (κ3) is 3.16. The molecule has 0 heterocycles. The molecule has 1 aromatic rings. The van der Waals surface area contributed by atoms with Gasteiger partial charge in [-0.25, -0.2) is 4.79 Å². The van der Waals surface area contributed by atoms with Crippen molar-refractivity contribution in [1.82, 2.24) is 0 Å². The first kappa shape index (κ1) is 13.9. The Balaban J connectivity index is 3.15. The van der Waals surface area contributed by atoms with E-state index in [1.54, 1.807) is 18.2 Å². The zero-order valence-corrected chi connectivity index (χ0v) is 10.9. The molecule has 5 nitrogen and oxygen atoms in total. The van der Waals surface area contributed by atoms with Crippen molar-refractivity contribution in [2.75, 3.05) is 28.4 Å². The number of methoxy groups -OCH3 is 4. The molecule has 0 radical (unpaired) electrons. The molecule has 0 aliphatic heterocycles. The second-order valence-electron chi connectivity index (χ2n) is 3.32. The third-order valence-corrected chi connectivity index (χ3v) is 2.30. The van der Waals surface area contributed by atoms with Crippen molar-refractivity contribution in [1.29, 1.82) is 0 Å². The Morgan fingerprint density at radius 3 is 1.94 bits per heavy atom. The largest absolute Gasteiger partial charge is 0.493 e. The highest BCUT2D eigenvalue weighted by Crippen LogP contribution is 2.38. The van der Waals surface area contributed by atoms with Crippen molar-refractivity contribution in [2.24, 2.45) is 0 Å². The number of esters is 1. The quantitative estimate of drug-likeness (QED) is 0.591. The normalized spacial score (nSPS) is 10.2. The van der Waals surface area contributed by atoms with Crippen molar-refractivity contribution < 1.29 is 23.7 Å². The van der Waals surface area contributed by atoms with Gasteiger partial charge in [0.15, 0.2) is 11.5 Å².